The van der Waals surface area contributed by atoms with E-state index in [4.69, 9.17) is 26.4 Å². The number of carbonyl (C=O) groups excluding carboxylic acids is 1. The number of thiocarbonyl (C=S) groups is 1. The maximum atomic E-state index is 13.9. The summed E-state index contributed by atoms with van der Waals surface area (Å²) in [5, 5.41) is 0.400. The van der Waals surface area contributed by atoms with E-state index in [-0.39, 0.29) is 11.9 Å². The van der Waals surface area contributed by atoms with Gasteiger partial charge in [0.15, 0.2) is 22.3 Å². The number of amides is 1. The molecule has 2 aliphatic rings. The second-order valence-corrected chi connectivity index (χ2v) is 9.10. The van der Waals surface area contributed by atoms with Gasteiger partial charge >= 0.3 is 0 Å². The first-order chi connectivity index (χ1) is 16.4. The number of benzene rings is 3. The van der Waals surface area contributed by atoms with E-state index in [0.29, 0.717) is 34.3 Å². The van der Waals surface area contributed by atoms with E-state index in [9.17, 15) is 4.79 Å². The molecule has 2 heterocycles. The van der Waals surface area contributed by atoms with Gasteiger partial charge < -0.3 is 14.2 Å². The highest BCUT2D eigenvalue weighted by atomic mass is 32.1. The van der Waals surface area contributed by atoms with Crippen LogP contribution >= 0.6 is 12.2 Å². The van der Waals surface area contributed by atoms with Crippen LogP contribution < -0.4 is 19.1 Å². The Morgan fingerprint density at radius 1 is 1.03 bits per heavy atom. The molecule has 0 aromatic heterocycles. The van der Waals surface area contributed by atoms with Gasteiger partial charge in [-0.1, -0.05) is 29.8 Å². The number of fused-ring (bicyclic) bond motifs is 4. The number of anilines is 1. The average Bonchev–Trinajstić information content (AvgIpc) is 2.84. The molecule has 2 bridgehead atoms. The summed E-state index contributed by atoms with van der Waals surface area (Å²) in [4.78, 5) is 17.6. The standard InChI is InChI=1S/C27H26N2O4S/c1-17-8-12-19(13-9-17)29-26(34)28(25(30)18-10-14-20(31-3)15-11-18)22-16-27(29,2)33-24-21(22)6-5-7-23(24)32-4/h5-15,22H,16H2,1-4H3/t22-,27+/m0/s1. The third kappa shape index (κ3) is 3.47. The highest BCUT2D eigenvalue weighted by Gasteiger charge is 2.54. The predicted molar refractivity (Wildman–Crippen MR) is 135 cm³/mol. The van der Waals surface area contributed by atoms with Crippen molar-refractivity contribution in [3.63, 3.8) is 0 Å². The summed E-state index contributed by atoms with van der Waals surface area (Å²) in [6, 6.07) is 20.6. The van der Waals surface area contributed by atoms with Crippen LogP contribution in [0.1, 0.15) is 40.9 Å². The Bertz CT molecular complexity index is 1260. The van der Waals surface area contributed by atoms with Crippen LogP contribution in [0.3, 0.4) is 0 Å². The van der Waals surface area contributed by atoms with Crippen molar-refractivity contribution in [3.8, 4) is 17.2 Å². The molecule has 2 atom stereocenters. The number of rotatable bonds is 4. The summed E-state index contributed by atoms with van der Waals surface area (Å²) in [7, 11) is 3.22. The van der Waals surface area contributed by atoms with Gasteiger partial charge in [0.2, 0.25) is 0 Å². The lowest BCUT2D eigenvalue weighted by Crippen LogP contribution is -2.67. The molecular formula is C27H26N2O4S. The first kappa shape index (κ1) is 22.2. The van der Waals surface area contributed by atoms with E-state index in [1.165, 1.54) is 0 Å². The molecule has 3 aromatic carbocycles. The van der Waals surface area contributed by atoms with Crippen molar-refractivity contribution in [2.75, 3.05) is 19.1 Å². The van der Waals surface area contributed by atoms with Crippen LogP contribution in [-0.2, 0) is 0 Å². The monoisotopic (exact) mass is 474 g/mol. The van der Waals surface area contributed by atoms with Crippen LogP contribution in [0.15, 0.2) is 66.7 Å². The van der Waals surface area contributed by atoms with Crippen molar-refractivity contribution in [1.29, 1.82) is 0 Å². The lowest BCUT2D eigenvalue weighted by molar-refractivity contribution is 0.0162. The van der Waals surface area contributed by atoms with E-state index >= 15 is 0 Å². The van der Waals surface area contributed by atoms with Crippen LogP contribution in [-0.4, -0.2) is 35.9 Å². The van der Waals surface area contributed by atoms with Gasteiger partial charge in [-0.25, -0.2) is 0 Å². The lowest BCUT2D eigenvalue weighted by atomic mass is 9.88. The number of hydrogen-bond donors (Lipinski definition) is 0. The van der Waals surface area contributed by atoms with Crippen LogP contribution in [0.2, 0.25) is 0 Å². The molecule has 1 saturated heterocycles. The van der Waals surface area contributed by atoms with E-state index in [0.717, 1.165) is 16.8 Å². The molecule has 5 rings (SSSR count). The van der Waals surface area contributed by atoms with Gasteiger partial charge in [0.05, 0.1) is 20.3 Å². The quantitative estimate of drug-likeness (QED) is 0.466. The molecule has 1 fully saturated rings. The molecular weight excluding hydrogens is 448 g/mol. The van der Waals surface area contributed by atoms with Gasteiger partial charge in [-0.15, -0.1) is 0 Å². The number of ether oxygens (including phenoxy) is 3. The number of hydrogen-bond acceptors (Lipinski definition) is 5. The molecule has 1 amide bonds. The van der Waals surface area contributed by atoms with E-state index in [1.54, 1.807) is 43.4 Å². The van der Waals surface area contributed by atoms with Crippen molar-refractivity contribution in [2.45, 2.75) is 32.0 Å². The molecule has 2 aliphatic heterocycles. The van der Waals surface area contributed by atoms with Crippen LogP contribution in [0, 0.1) is 6.92 Å². The molecule has 0 aliphatic carbocycles. The topological polar surface area (TPSA) is 51.2 Å². The molecule has 0 N–H and O–H groups in total. The average molecular weight is 475 g/mol. The summed E-state index contributed by atoms with van der Waals surface area (Å²) in [6.45, 7) is 4.05. The Morgan fingerprint density at radius 2 is 1.74 bits per heavy atom. The minimum absolute atomic E-state index is 0.174. The zero-order valence-corrected chi connectivity index (χ0v) is 20.4. The second-order valence-electron chi connectivity index (χ2n) is 8.73. The van der Waals surface area contributed by atoms with Crippen LogP contribution in [0.4, 0.5) is 5.69 Å². The Kier molecular flexibility index (Phi) is 5.44. The van der Waals surface area contributed by atoms with Gasteiger partial charge in [0.25, 0.3) is 5.91 Å². The Hall–Kier alpha value is -3.58. The summed E-state index contributed by atoms with van der Waals surface area (Å²) in [5.41, 5.74) is 2.62. The summed E-state index contributed by atoms with van der Waals surface area (Å²) in [6.07, 6.45) is 0.545. The minimum Gasteiger partial charge on any atom is -0.497 e. The number of carbonyl (C=O) groups is 1. The highest BCUT2D eigenvalue weighted by Crippen LogP contribution is 2.52. The molecule has 174 valence electrons. The molecule has 0 saturated carbocycles. The second kappa shape index (κ2) is 8.33. The van der Waals surface area contributed by atoms with Crippen molar-refractivity contribution in [3.05, 3.63) is 83.4 Å². The molecule has 34 heavy (non-hydrogen) atoms. The largest absolute Gasteiger partial charge is 0.497 e. The van der Waals surface area contributed by atoms with E-state index < -0.39 is 5.72 Å². The summed E-state index contributed by atoms with van der Waals surface area (Å²) >= 11 is 6.00. The maximum Gasteiger partial charge on any atom is 0.260 e. The Labute approximate surface area is 204 Å². The van der Waals surface area contributed by atoms with Gasteiger partial charge in [0, 0.05) is 23.2 Å². The molecule has 7 heteroatoms. The molecule has 0 unspecified atom stereocenters. The molecule has 0 spiro atoms. The SMILES string of the molecule is COc1ccc(C(=O)N2C(=S)N(c3ccc(C)cc3)[C@@]3(C)C[C@H]2c2cccc(OC)c2O3)cc1. The highest BCUT2D eigenvalue weighted by molar-refractivity contribution is 7.80. The maximum absolute atomic E-state index is 13.9. The first-order valence-electron chi connectivity index (χ1n) is 11.1. The summed E-state index contributed by atoms with van der Waals surface area (Å²) in [5.74, 6) is 1.78. The molecule has 6 nitrogen and oxygen atoms in total. The van der Waals surface area contributed by atoms with Crippen molar-refractivity contribution in [1.82, 2.24) is 4.90 Å². The summed E-state index contributed by atoms with van der Waals surface area (Å²) < 4.78 is 17.5. The van der Waals surface area contributed by atoms with Gasteiger partial charge in [0.1, 0.15) is 5.75 Å². The smallest absolute Gasteiger partial charge is 0.260 e. The fourth-order valence-electron chi connectivity index (χ4n) is 4.78. The fourth-order valence-corrected chi connectivity index (χ4v) is 5.29. The minimum atomic E-state index is -0.796. The Morgan fingerprint density at radius 3 is 2.38 bits per heavy atom. The van der Waals surface area contributed by atoms with E-state index in [2.05, 4.69) is 0 Å². The van der Waals surface area contributed by atoms with Gasteiger partial charge in [-0.3, -0.25) is 14.6 Å². The van der Waals surface area contributed by atoms with Crippen LogP contribution in [0.5, 0.6) is 17.2 Å². The fraction of sp³-hybridized carbons (Fsp3) is 0.259. The third-order valence-corrected chi connectivity index (χ3v) is 6.89. The number of aryl methyl sites for hydroxylation is 1. The molecule has 0 radical (unpaired) electrons. The van der Waals surface area contributed by atoms with Crippen molar-refractivity contribution in [2.24, 2.45) is 0 Å². The number of nitrogens with zero attached hydrogens (tertiary/aromatic N) is 2. The van der Waals surface area contributed by atoms with Crippen molar-refractivity contribution >= 4 is 28.9 Å². The number of methoxy groups -OCH3 is 2. The lowest BCUT2D eigenvalue weighted by Gasteiger charge is -2.55. The zero-order chi connectivity index (χ0) is 24.0. The third-order valence-electron chi connectivity index (χ3n) is 6.51. The van der Waals surface area contributed by atoms with Gasteiger partial charge in [-0.05, 0) is 68.5 Å². The normalized spacial score (nSPS) is 20.9. The number of para-hydroxylation sites is 1. The van der Waals surface area contributed by atoms with Crippen molar-refractivity contribution < 1.29 is 19.0 Å². The van der Waals surface area contributed by atoms with E-state index in [1.807, 2.05) is 61.2 Å². The van der Waals surface area contributed by atoms with Gasteiger partial charge in [-0.2, -0.15) is 0 Å². The van der Waals surface area contributed by atoms with Crippen LogP contribution in [0.25, 0.3) is 0 Å². The Balaban J connectivity index is 1.67. The molecule has 3 aromatic rings. The zero-order valence-electron chi connectivity index (χ0n) is 19.6. The predicted octanol–water partition coefficient (Wildman–Crippen LogP) is 5.50. The first-order valence-corrected chi connectivity index (χ1v) is 11.5.